The highest BCUT2D eigenvalue weighted by Gasteiger charge is 2.02. The summed E-state index contributed by atoms with van der Waals surface area (Å²) in [7, 11) is 1.67. The van der Waals surface area contributed by atoms with Crippen LogP contribution in [0.25, 0.3) is 0 Å². The summed E-state index contributed by atoms with van der Waals surface area (Å²) >= 11 is 4.47. The van der Waals surface area contributed by atoms with Gasteiger partial charge in [-0.15, -0.1) is 12.6 Å². The lowest BCUT2D eigenvalue weighted by Gasteiger charge is -2.12. The van der Waals surface area contributed by atoms with E-state index in [0.29, 0.717) is 39.6 Å². The van der Waals surface area contributed by atoms with Gasteiger partial charge in [-0.2, -0.15) is 0 Å². The van der Waals surface area contributed by atoms with Gasteiger partial charge >= 0.3 is 0 Å². The van der Waals surface area contributed by atoms with E-state index < -0.39 is 0 Å². The normalized spacial score (nSPS) is 12.7. The van der Waals surface area contributed by atoms with Crippen LogP contribution in [0.15, 0.2) is 0 Å². The molecule has 4 nitrogen and oxygen atoms in total. The van der Waals surface area contributed by atoms with Gasteiger partial charge in [0.25, 0.3) is 0 Å². The van der Waals surface area contributed by atoms with Gasteiger partial charge in [-0.1, -0.05) is 58.3 Å². The first-order chi connectivity index (χ1) is 11.3. The molecule has 23 heavy (non-hydrogen) atoms. The summed E-state index contributed by atoms with van der Waals surface area (Å²) in [6.45, 7) is 5.91. The molecular weight excluding hydrogens is 312 g/mol. The van der Waals surface area contributed by atoms with Gasteiger partial charge in [-0.25, -0.2) is 0 Å². The Morgan fingerprint density at radius 3 is 1.83 bits per heavy atom. The van der Waals surface area contributed by atoms with Gasteiger partial charge in [0, 0.05) is 7.11 Å². The van der Waals surface area contributed by atoms with Crippen LogP contribution in [0.3, 0.4) is 0 Å². The molecule has 0 spiro atoms. The molecule has 5 heteroatoms. The molecule has 0 aromatic heterocycles. The van der Waals surface area contributed by atoms with E-state index in [1.165, 1.54) is 51.4 Å². The largest absolute Gasteiger partial charge is 0.382 e. The van der Waals surface area contributed by atoms with Gasteiger partial charge in [-0.05, 0) is 6.42 Å². The Balaban J connectivity index is 3.11. The number of rotatable bonds is 19. The van der Waals surface area contributed by atoms with E-state index in [4.69, 9.17) is 18.9 Å². The summed E-state index contributed by atoms with van der Waals surface area (Å²) in [6, 6.07) is 0. The Hall–Kier alpha value is 0.190. The van der Waals surface area contributed by atoms with E-state index in [0.717, 1.165) is 6.42 Å². The molecule has 0 aliphatic heterocycles. The molecule has 0 N–H and O–H groups in total. The van der Waals surface area contributed by atoms with Crippen molar-refractivity contribution >= 4 is 12.6 Å². The zero-order valence-electron chi connectivity index (χ0n) is 15.3. The molecule has 0 aromatic carbocycles. The molecule has 0 aliphatic rings. The Kier molecular flexibility index (Phi) is 20.4. The van der Waals surface area contributed by atoms with Gasteiger partial charge < -0.3 is 18.9 Å². The van der Waals surface area contributed by atoms with Crippen LogP contribution in [-0.2, 0) is 18.9 Å². The molecular formula is C18H38O4S. The predicted molar refractivity (Wildman–Crippen MR) is 99.5 cm³/mol. The third kappa shape index (κ3) is 20.1. The van der Waals surface area contributed by atoms with Gasteiger partial charge in [0.2, 0.25) is 0 Å². The monoisotopic (exact) mass is 350 g/mol. The van der Waals surface area contributed by atoms with Crippen LogP contribution in [0.5, 0.6) is 0 Å². The molecule has 0 saturated carbocycles. The molecule has 0 aliphatic carbocycles. The summed E-state index contributed by atoms with van der Waals surface area (Å²) in [4.78, 5) is 0. The molecule has 0 fully saturated rings. The Bertz CT molecular complexity index is 217. The summed E-state index contributed by atoms with van der Waals surface area (Å²) in [5.74, 6) is 0. The molecule has 0 radical (unpaired) electrons. The molecule has 1 unspecified atom stereocenters. The van der Waals surface area contributed by atoms with Gasteiger partial charge in [0.15, 0.2) is 0 Å². The van der Waals surface area contributed by atoms with E-state index in [1.54, 1.807) is 7.11 Å². The second kappa shape index (κ2) is 20.2. The number of methoxy groups -OCH3 is 1. The van der Waals surface area contributed by atoms with Crippen LogP contribution in [0.1, 0.15) is 64.7 Å². The first-order valence-electron chi connectivity index (χ1n) is 9.25. The lowest BCUT2D eigenvalue weighted by molar-refractivity contribution is -0.00109. The highest BCUT2D eigenvalue weighted by atomic mass is 32.1. The minimum atomic E-state index is 0.0386. The topological polar surface area (TPSA) is 36.9 Å². The predicted octanol–water partition coefficient (Wildman–Crippen LogP) is 4.47. The maximum absolute atomic E-state index is 5.63. The minimum absolute atomic E-state index is 0.0386. The lowest BCUT2D eigenvalue weighted by Crippen LogP contribution is -2.14. The van der Waals surface area contributed by atoms with Crippen molar-refractivity contribution in [3.63, 3.8) is 0 Å². The standard InChI is InChI=1S/C18H38O4S/c1-3-4-5-6-7-8-9-10-11-18(23)22-17-16-21-15-14-20-13-12-19-2/h18,23H,3-17H2,1-2H3. The summed E-state index contributed by atoms with van der Waals surface area (Å²) in [6.07, 6.45) is 11.7. The molecule has 0 heterocycles. The van der Waals surface area contributed by atoms with Crippen molar-refractivity contribution in [2.75, 3.05) is 46.8 Å². The van der Waals surface area contributed by atoms with E-state index in [9.17, 15) is 0 Å². The first kappa shape index (κ1) is 23.2. The zero-order chi connectivity index (χ0) is 17.0. The number of hydrogen-bond acceptors (Lipinski definition) is 5. The molecule has 0 rings (SSSR count). The van der Waals surface area contributed by atoms with Crippen molar-refractivity contribution in [3.8, 4) is 0 Å². The zero-order valence-corrected chi connectivity index (χ0v) is 16.2. The second-order valence-electron chi connectivity index (χ2n) is 5.81. The summed E-state index contributed by atoms with van der Waals surface area (Å²) < 4.78 is 21.2. The maximum Gasteiger partial charge on any atom is 0.100 e. The van der Waals surface area contributed by atoms with Gasteiger partial charge in [-0.3, -0.25) is 0 Å². The number of thiol groups is 1. The lowest BCUT2D eigenvalue weighted by atomic mass is 10.1. The number of hydrogen-bond donors (Lipinski definition) is 1. The summed E-state index contributed by atoms with van der Waals surface area (Å²) in [5, 5.41) is 0. The van der Waals surface area contributed by atoms with Crippen molar-refractivity contribution in [1.29, 1.82) is 0 Å². The molecule has 0 aromatic rings. The van der Waals surface area contributed by atoms with Crippen LogP contribution in [0, 0.1) is 0 Å². The van der Waals surface area contributed by atoms with Gasteiger partial charge in [0.05, 0.1) is 39.6 Å². The Morgan fingerprint density at radius 1 is 0.696 bits per heavy atom. The maximum atomic E-state index is 5.63. The smallest absolute Gasteiger partial charge is 0.100 e. The highest BCUT2D eigenvalue weighted by Crippen LogP contribution is 2.13. The average Bonchev–Trinajstić information content (AvgIpc) is 2.56. The number of unbranched alkanes of at least 4 members (excludes halogenated alkanes) is 7. The third-order valence-corrected chi connectivity index (χ3v) is 4.05. The van der Waals surface area contributed by atoms with E-state index in [2.05, 4.69) is 19.6 Å². The second-order valence-corrected chi connectivity index (χ2v) is 6.38. The van der Waals surface area contributed by atoms with Crippen LogP contribution in [-0.4, -0.2) is 52.2 Å². The van der Waals surface area contributed by atoms with E-state index in [-0.39, 0.29) is 5.44 Å². The fourth-order valence-electron chi connectivity index (χ4n) is 2.24. The van der Waals surface area contributed by atoms with Crippen molar-refractivity contribution in [2.45, 2.75) is 70.1 Å². The molecule has 0 bridgehead atoms. The van der Waals surface area contributed by atoms with Crippen molar-refractivity contribution < 1.29 is 18.9 Å². The van der Waals surface area contributed by atoms with Crippen molar-refractivity contribution in [2.24, 2.45) is 0 Å². The molecule has 140 valence electrons. The Morgan fingerprint density at radius 2 is 1.22 bits per heavy atom. The van der Waals surface area contributed by atoms with Crippen LogP contribution in [0.2, 0.25) is 0 Å². The quantitative estimate of drug-likeness (QED) is 0.212. The molecule has 1 atom stereocenters. The minimum Gasteiger partial charge on any atom is -0.382 e. The fraction of sp³-hybridized carbons (Fsp3) is 1.00. The third-order valence-electron chi connectivity index (χ3n) is 3.65. The highest BCUT2D eigenvalue weighted by molar-refractivity contribution is 7.80. The van der Waals surface area contributed by atoms with Crippen LogP contribution in [0.4, 0.5) is 0 Å². The average molecular weight is 351 g/mol. The van der Waals surface area contributed by atoms with Gasteiger partial charge in [0.1, 0.15) is 5.44 Å². The van der Waals surface area contributed by atoms with Crippen LogP contribution >= 0.6 is 12.6 Å². The van der Waals surface area contributed by atoms with Crippen molar-refractivity contribution in [1.82, 2.24) is 0 Å². The Labute approximate surface area is 149 Å². The molecule has 0 amide bonds. The van der Waals surface area contributed by atoms with E-state index in [1.807, 2.05) is 0 Å². The van der Waals surface area contributed by atoms with Crippen molar-refractivity contribution in [3.05, 3.63) is 0 Å². The first-order valence-corrected chi connectivity index (χ1v) is 9.77. The van der Waals surface area contributed by atoms with Crippen LogP contribution < -0.4 is 0 Å². The van der Waals surface area contributed by atoms with E-state index >= 15 is 0 Å². The summed E-state index contributed by atoms with van der Waals surface area (Å²) in [5.41, 5.74) is 0.0386. The SMILES string of the molecule is CCCCCCCCCCC(S)OCCOCCOCCOC. The fourth-order valence-corrected chi connectivity index (χ4v) is 2.53. The number of ether oxygens (including phenoxy) is 4. The molecule has 0 saturated heterocycles.